The maximum Gasteiger partial charge on any atom is 0.170 e. The van der Waals surface area contributed by atoms with E-state index in [1.54, 1.807) is 0 Å². The van der Waals surface area contributed by atoms with E-state index in [-0.39, 0.29) is 0 Å². The first-order chi connectivity index (χ1) is 19.8. The average Bonchev–Trinajstić information content (AvgIpc) is 3.69. The number of rotatable bonds is 2. The largest absolute Gasteiger partial charge is 0.303 e. The summed E-state index contributed by atoms with van der Waals surface area (Å²) in [6, 6.07) is 24.8. The monoisotopic (exact) mass is 525 g/mol. The molecule has 0 aliphatic carbocycles. The molecule has 198 valence electrons. The first kappa shape index (κ1) is 25.2. The molecule has 0 radical (unpaired) electrons. The quantitative estimate of drug-likeness (QED) is 0.228. The van der Waals surface area contributed by atoms with Gasteiger partial charge in [-0.05, 0) is 48.5 Å². The normalized spacial score (nSPS) is 11.1. The molecule has 0 N–H and O–H groups in total. The number of aromatic nitrogens is 7. The summed E-state index contributed by atoms with van der Waals surface area (Å²) in [6.45, 7) is 8.25. The van der Waals surface area contributed by atoms with Crippen molar-refractivity contribution in [1.82, 2.24) is 33.7 Å². The smallest absolute Gasteiger partial charge is 0.170 e. The van der Waals surface area contributed by atoms with Crippen LogP contribution in [0.5, 0.6) is 0 Å². The van der Waals surface area contributed by atoms with Crippen molar-refractivity contribution in [3.05, 3.63) is 104 Å². The Labute approximate surface area is 232 Å². The molecule has 8 rings (SSSR count). The predicted octanol–water partition coefficient (Wildman–Crippen LogP) is 8.16. The van der Waals surface area contributed by atoms with Gasteiger partial charge in [-0.25, -0.2) is 0 Å². The second-order valence-electron chi connectivity index (χ2n) is 9.28. The van der Waals surface area contributed by atoms with Crippen molar-refractivity contribution in [2.45, 2.75) is 34.1 Å². The van der Waals surface area contributed by atoms with Crippen LogP contribution < -0.4 is 0 Å². The minimum Gasteiger partial charge on any atom is -0.303 e. The number of benzene rings is 1. The summed E-state index contributed by atoms with van der Waals surface area (Å²) in [5.41, 5.74) is 6.78. The zero-order chi connectivity index (χ0) is 27.6. The van der Waals surface area contributed by atoms with Crippen LogP contribution in [0.15, 0.2) is 104 Å². The molecule has 7 aromatic heterocycles. The summed E-state index contributed by atoms with van der Waals surface area (Å²) in [6.07, 6.45) is 10.8. The maximum absolute atomic E-state index is 4.78. The Morgan fingerprint density at radius 3 is 2.10 bits per heavy atom. The van der Waals surface area contributed by atoms with Gasteiger partial charge in [0.05, 0.1) is 34.3 Å². The number of para-hydroxylation sites is 1. The third-order valence-corrected chi connectivity index (χ3v) is 6.76. The van der Waals surface area contributed by atoms with E-state index in [0.717, 1.165) is 60.9 Å². The van der Waals surface area contributed by atoms with Gasteiger partial charge in [0.1, 0.15) is 11.3 Å². The van der Waals surface area contributed by atoms with Gasteiger partial charge < -0.3 is 4.40 Å². The molecule has 0 atom stereocenters. The molecular formula is C33H31N7. The SMILES string of the molecule is CC.CCC.c1ccc(-n2c3cnccc3c3c2nnc2c4ccncc4n(-c4ccc5ccccn45)c23)cc1. The lowest BCUT2D eigenvalue weighted by molar-refractivity contribution is 1.02. The first-order valence-corrected chi connectivity index (χ1v) is 13.8. The maximum atomic E-state index is 4.78. The van der Waals surface area contributed by atoms with Gasteiger partial charge in [-0.2, -0.15) is 0 Å². The Balaban J connectivity index is 0.000000545. The summed E-state index contributed by atoms with van der Waals surface area (Å²) < 4.78 is 6.59. The van der Waals surface area contributed by atoms with Crippen LogP contribution in [0.4, 0.5) is 0 Å². The summed E-state index contributed by atoms with van der Waals surface area (Å²) in [5, 5.41) is 12.7. The van der Waals surface area contributed by atoms with Crippen molar-refractivity contribution in [3.8, 4) is 11.5 Å². The van der Waals surface area contributed by atoms with Gasteiger partial charge in [0.15, 0.2) is 5.65 Å². The van der Waals surface area contributed by atoms with Crippen molar-refractivity contribution >= 4 is 49.4 Å². The molecule has 0 spiro atoms. The molecule has 0 amide bonds. The zero-order valence-corrected chi connectivity index (χ0v) is 23.2. The Morgan fingerprint density at radius 2 is 1.35 bits per heavy atom. The second-order valence-corrected chi connectivity index (χ2v) is 9.28. The number of nitrogens with zero attached hydrogens (tertiary/aromatic N) is 7. The molecule has 40 heavy (non-hydrogen) atoms. The summed E-state index contributed by atoms with van der Waals surface area (Å²) in [7, 11) is 0. The molecular weight excluding hydrogens is 494 g/mol. The van der Waals surface area contributed by atoms with E-state index < -0.39 is 0 Å². The van der Waals surface area contributed by atoms with E-state index in [9.17, 15) is 0 Å². The Bertz CT molecular complexity index is 2080. The molecule has 0 saturated heterocycles. The van der Waals surface area contributed by atoms with Gasteiger partial charge >= 0.3 is 0 Å². The van der Waals surface area contributed by atoms with E-state index in [0.29, 0.717) is 0 Å². The average molecular weight is 526 g/mol. The van der Waals surface area contributed by atoms with Crippen LogP contribution in [-0.2, 0) is 0 Å². The van der Waals surface area contributed by atoms with E-state index in [1.807, 2.05) is 69.0 Å². The molecule has 0 aliphatic rings. The van der Waals surface area contributed by atoms with Crippen LogP contribution in [0.3, 0.4) is 0 Å². The highest BCUT2D eigenvalue weighted by Gasteiger charge is 2.23. The molecule has 7 heterocycles. The third kappa shape index (κ3) is 3.81. The van der Waals surface area contributed by atoms with Crippen LogP contribution in [-0.4, -0.2) is 33.7 Å². The first-order valence-electron chi connectivity index (χ1n) is 13.8. The highest BCUT2D eigenvalue weighted by molar-refractivity contribution is 6.23. The fourth-order valence-corrected chi connectivity index (χ4v) is 5.30. The van der Waals surface area contributed by atoms with E-state index in [4.69, 9.17) is 10.2 Å². The molecule has 7 heteroatoms. The highest BCUT2D eigenvalue weighted by Crippen LogP contribution is 2.39. The molecule has 1 aromatic carbocycles. The zero-order valence-electron chi connectivity index (χ0n) is 23.2. The lowest BCUT2D eigenvalue weighted by atomic mass is 10.2. The fraction of sp³-hybridized carbons (Fsp3) is 0.152. The molecule has 0 saturated carbocycles. The minimum absolute atomic E-state index is 0.796. The standard InChI is InChI=1S/C28H17N7.C3H8.C2H6/c1-2-7-19(8-3-1)34-22-16-29-13-11-20(22)25-27-26(31-32-28(25)34)21-12-14-30-17-23(21)35(27)24-10-9-18-6-4-5-15-33(18)24;1-3-2;1-2/h1-17H;3H2,1-2H3;1-2H3. The summed E-state index contributed by atoms with van der Waals surface area (Å²) in [5.74, 6) is 1.03. The molecule has 0 aliphatic heterocycles. The second kappa shape index (κ2) is 10.6. The van der Waals surface area contributed by atoms with Gasteiger partial charge in [0, 0.05) is 40.6 Å². The molecule has 0 bridgehead atoms. The number of hydrogen-bond donors (Lipinski definition) is 0. The fourth-order valence-electron chi connectivity index (χ4n) is 5.30. The van der Waals surface area contributed by atoms with Crippen molar-refractivity contribution in [2.24, 2.45) is 0 Å². The van der Waals surface area contributed by atoms with E-state index >= 15 is 0 Å². The third-order valence-electron chi connectivity index (χ3n) is 6.76. The number of hydrogen-bond acceptors (Lipinski definition) is 4. The van der Waals surface area contributed by atoms with Crippen LogP contribution >= 0.6 is 0 Å². The van der Waals surface area contributed by atoms with Gasteiger partial charge in [-0.15, -0.1) is 10.2 Å². The highest BCUT2D eigenvalue weighted by atomic mass is 15.2. The van der Waals surface area contributed by atoms with Crippen LogP contribution in [0.1, 0.15) is 34.1 Å². The Kier molecular flexibility index (Phi) is 6.70. The van der Waals surface area contributed by atoms with Crippen molar-refractivity contribution in [3.63, 3.8) is 0 Å². The molecule has 0 unspecified atom stereocenters. The lowest BCUT2D eigenvalue weighted by Gasteiger charge is -2.09. The summed E-state index contributed by atoms with van der Waals surface area (Å²) >= 11 is 0. The van der Waals surface area contributed by atoms with E-state index in [2.05, 4.69) is 86.0 Å². The van der Waals surface area contributed by atoms with Gasteiger partial charge in [-0.1, -0.05) is 58.4 Å². The number of fused-ring (bicyclic) bond motifs is 8. The van der Waals surface area contributed by atoms with E-state index in [1.165, 1.54) is 6.42 Å². The topological polar surface area (TPSA) is 65.8 Å². The predicted molar refractivity (Wildman–Crippen MR) is 165 cm³/mol. The van der Waals surface area contributed by atoms with Crippen LogP contribution in [0.25, 0.3) is 60.9 Å². The van der Waals surface area contributed by atoms with Gasteiger partial charge in [0.2, 0.25) is 0 Å². The number of pyridine rings is 3. The summed E-state index contributed by atoms with van der Waals surface area (Å²) in [4.78, 5) is 8.90. The Hall–Kier alpha value is -5.04. The van der Waals surface area contributed by atoms with Crippen molar-refractivity contribution in [1.29, 1.82) is 0 Å². The van der Waals surface area contributed by atoms with Crippen molar-refractivity contribution < 1.29 is 0 Å². The molecule has 0 fully saturated rings. The van der Waals surface area contributed by atoms with Gasteiger partial charge in [0.25, 0.3) is 0 Å². The minimum atomic E-state index is 0.796. The molecule has 7 nitrogen and oxygen atoms in total. The van der Waals surface area contributed by atoms with Crippen LogP contribution in [0.2, 0.25) is 0 Å². The van der Waals surface area contributed by atoms with Gasteiger partial charge in [-0.3, -0.25) is 19.1 Å². The van der Waals surface area contributed by atoms with Crippen LogP contribution in [0, 0.1) is 0 Å². The van der Waals surface area contributed by atoms with Crippen molar-refractivity contribution in [2.75, 3.05) is 0 Å². The molecule has 8 aromatic rings. The Morgan fingerprint density at radius 1 is 0.675 bits per heavy atom. The lowest BCUT2D eigenvalue weighted by Crippen LogP contribution is -2.00.